The molecule has 0 heterocycles. The number of aryl methyl sites for hydroxylation is 1. The summed E-state index contributed by atoms with van der Waals surface area (Å²) in [6.07, 6.45) is 2.91. The lowest BCUT2D eigenvalue weighted by molar-refractivity contribution is -0.124. The molecule has 1 rings (SSSR count). The van der Waals surface area contributed by atoms with E-state index in [0.29, 0.717) is 0 Å². The van der Waals surface area contributed by atoms with E-state index in [1.807, 2.05) is 46.8 Å². The number of amides is 1. The van der Waals surface area contributed by atoms with Crippen LogP contribution in [0.3, 0.4) is 0 Å². The van der Waals surface area contributed by atoms with E-state index in [4.69, 9.17) is 10.5 Å². The van der Waals surface area contributed by atoms with Crippen molar-refractivity contribution in [2.45, 2.75) is 72.1 Å². The van der Waals surface area contributed by atoms with Gasteiger partial charge in [0.05, 0.1) is 12.1 Å². The first kappa shape index (κ1) is 22.7. The van der Waals surface area contributed by atoms with E-state index in [1.165, 1.54) is 5.56 Å². The molecule has 0 saturated carbocycles. The van der Waals surface area contributed by atoms with E-state index in [1.54, 1.807) is 0 Å². The lowest BCUT2D eigenvalue weighted by atomic mass is 9.98. The normalized spacial score (nSPS) is 14.5. The van der Waals surface area contributed by atoms with Gasteiger partial charge in [-0.2, -0.15) is 0 Å². The topological polar surface area (TPSA) is 64.4 Å². The predicted molar refractivity (Wildman–Crippen MR) is 103 cm³/mol. The number of hydrogen-bond acceptors (Lipinski definition) is 3. The van der Waals surface area contributed by atoms with Crippen LogP contribution >= 0.6 is 12.4 Å². The Bertz CT molecular complexity index is 477. The smallest absolute Gasteiger partial charge is 0.237 e. The van der Waals surface area contributed by atoms with Crippen LogP contribution in [-0.2, 0) is 11.2 Å². The summed E-state index contributed by atoms with van der Waals surface area (Å²) in [7, 11) is 0. The van der Waals surface area contributed by atoms with Crippen LogP contribution < -0.4 is 15.8 Å². The average Bonchev–Trinajstić information content (AvgIpc) is 2.52. The zero-order valence-electron chi connectivity index (χ0n) is 15.5. The molecule has 0 saturated heterocycles. The van der Waals surface area contributed by atoms with Gasteiger partial charge < -0.3 is 15.8 Å². The molecule has 0 bridgehead atoms. The third kappa shape index (κ3) is 8.02. The molecule has 3 N–H and O–H groups in total. The van der Waals surface area contributed by atoms with Gasteiger partial charge >= 0.3 is 0 Å². The zero-order chi connectivity index (χ0) is 17.4. The van der Waals surface area contributed by atoms with Crippen molar-refractivity contribution in [1.82, 2.24) is 5.32 Å². The first-order valence-corrected chi connectivity index (χ1v) is 8.65. The maximum Gasteiger partial charge on any atom is 0.237 e. The van der Waals surface area contributed by atoms with E-state index in [9.17, 15) is 4.79 Å². The number of ether oxygens (including phenoxy) is 1. The van der Waals surface area contributed by atoms with E-state index in [0.717, 1.165) is 25.0 Å². The van der Waals surface area contributed by atoms with Crippen molar-refractivity contribution in [3.8, 4) is 5.75 Å². The van der Waals surface area contributed by atoms with E-state index < -0.39 is 6.04 Å². The van der Waals surface area contributed by atoms with Gasteiger partial charge in [0.2, 0.25) is 5.91 Å². The molecule has 138 valence electrons. The Labute approximate surface area is 152 Å². The Hall–Kier alpha value is -1.26. The summed E-state index contributed by atoms with van der Waals surface area (Å²) < 4.78 is 5.64. The van der Waals surface area contributed by atoms with Crippen LogP contribution in [0.4, 0.5) is 0 Å². The highest BCUT2D eigenvalue weighted by molar-refractivity contribution is 5.85. The Morgan fingerprint density at radius 1 is 1.17 bits per heavy atom. The van der Waals surface area contributed by atoms with E-state index in [-0.39, 0.29) is 36.4 Å². The molecule has 0 aliphatic heterocycles. The molecule has 1 aromatic rings. The minimum absolute atomic E-state index is 0. The van der Waals surface area contributed by atoms with E-state index in [2.05, 4.69) is 17.4 Å². The highest BCUT2D eigenvalue weighted by Crippen LogP contribution is 2.15. The Morgan fingerprint density at radius 3 is 2.25 bits per heavy atom. The molecule has 0 aliphatic carbocycles. The van der Waals surface area contributed by atoms with Gasteiger partial charge in [0.1, 0.15) is 5.75 Å². The molecule has 0 fully saturated rings. The van der Waals surface area contributed by atoms with Crippen molar-refractivity contribution in [2.24, 2.45) is 11.7 Å². The van der Waals surface area contributed by atoms with Crippen molar-refractivity contribution >= 4 is 18.3 Å². The Morgan fingerprint density at radius 2 is 1.75 bits per heavy atom. The van der Waals surface area contributed by atoms with Crippen LogP contribution in [0.2, 0.25) is 0 Å². The van der Waals surface area contributed by atoms with Crippen molar-refractivity contribution < 1.29 is 9.53 Å². The van der Waals surface area contributed by atoms with Crippen molar-refractivity contribution in [2.75, 3.05) is 0 Å². The van der Waals surface area contributed by atoms with Crippen molar-refractivity contribution in [3.05, 3.63) is 29.8 Å². The SMILES string of the molecule is CCC(C)C(N)C(=O)NC(C)CCc1ccc(OC(C)C)cc1.Cl. The second kappa shape index (κ2) is 11.3. The van der Waals surface area contributed by atoms with Crippen LogP contribution in [-0.4, -0.2) is 24.1 Å². The summed E-state index contributed by atoms with van der Waals surface area (Å²) in [5, 5.41) is 3.01. The lowest BCUT2D eigenvalue weighted by Crippen LogP contribution is -2.47. The largest absolute Gasteiger partial charge is 0.491 e. The summed E-state index contributed by atoms with van der Waals surface area (Å²) in [4.78, 5) is 12.1. The number of nitrogens with one attached hydrogen (secondary N) is 1. The third-order valence-corrected chi connectivity index (χ3v) is 4.11. The standard InChI is InChI=1S/C19H32N2O2.ClH/c1-6-14(4)18(20)19(22)21-15(5)7-8-16-9-11-17(12-10-16)23-13(2)3;/h9-15,18H,6-8,20H2,1-5H3,(H,21,22);1H. The summed E-state index contributed by atoms with van der Waals surface area (Å²) in [5.41, 5.74) is 7.20. The van der Waals surface area contributed by atoms with Gasteiger partial charge in [0.15, 0.2) is 0 Å². The Kier molecular flexibility index (Phi) is 10.7. The first-order chi connectivity index (χ1) is 10.8. The van der Waals surface area contributed by atoms with Crippen LogP contribution in [0.15, 0.2) is 24.3 Å². The number of hydrogen-bond donors (Lipinski definition) is 2. The van der Waals surface area contributed by atoms with Crippen molar-refractivity contribution in [1.29, 1.82) is 0 Å². The van der Waals surface area contributed by atoms with Gasteiger partial charge in [-0.05, 0) is 57.2 Å². The second-order valence-electron chi connectivity index (χ2n) is 6.67. The fraction of sp³-hybridized carbons (Fsp3) is 0.632. The summed E-state index contributed by atoms with van der Waals surface area (Å²) in [6, 6.07) is 7.85. The lowest BCUT2D eigenvalue weighted by Gasteiger charge is -2.21. The van der Waals surface area contributed by atoms with E-state index >= 15 is 0 Å². The second-order valence-corrected chi connectivity index (χ2v) is 6.67. The molecular formula is C19H33ClN2O2. The minimum atomic E-state index is -0.421. The molecule has 3 unspecified atom stereocenters. The van der Waals surface area contributed by atoms with Crippen LogP contribution in [0, 0.1) is 5.92 Å². The number of carbonyl (C=O) groups excluding carboxylic acids is 1. The quantitative estimate of drug-likeness (QED) is 0.709. The van der Waals surface area contributed by atoms with Gasteiger partial charge in [-0.25, -0.2) is 0 Å². The number of rotatable bonds is 9. The molecule has 0 aromatic heterocycles. The zero-order valence-corrected chi connectivity index (χ0v) is 16.4. The molecule has 0 aliphatic rings. The maximum absolute atomic E-state index is 12.1. The Balaban J connectivity index is 0.00000529. The fourth-order valence-electron chi connectivity index (χ4n) is 2.31. The molecule has 0 spiro atoms. The highest BCUT2D eigenvalue weighted by atomic mass is 35.5. The molecule has 1 aromatic carbocycles. The van der Waals surface area contributed by atoms with Gasteiger partial charge in [-0.1, -0.05) is 32.4 Å². The molecule has 1 amide bonds. The molecular weight excluding hydrogens is 324 g/mol. The minimum Gasteiger partial charge on any atom is -0.491 e. The third-order valence-electron chi connectivity index (χ3n) is 4.11. The van der Waals surface area contributed by atoms with Gasteiger partial charge in [0.25, 0.3) is 0 Å². The van der Waals surface area contributed by atoms with Crippen LogP contribution in [0.5, 0.6) is 5.75 Å². The van der Waals surface area contributed by atoms with Gasteiger partial charge in [-0.15, -0.1) is 12.4 Å². The first-order valence-electron chi connectivity index (χ1n) is 8.65. The van der Waals surface area contributed by atoms with Gasteiger partial charge in [0, 0.05) is 6.04 Å². The van der Waals surface area contributed by atoms with Crippen LogP contribution in [0.25, 0.3) is 0 Å². The predicted octanol–water partition coefficient (Wildman–Crippen LogP) is 3.71. The van der Waals surface area contributed by atoms with Crippen molar-refractivity contribution in [3.63, 3.8) is 0 Å². The molecule has 5 heteroatoms. The number of halogens is 1. The number of carbonyl (C=O) groups is 1. The molecule has 24 heavy (non-hydrogen) atoms. The highest BCUT2D eigenvalue weighted by Gasteiger charge is 2.20. The summed E-state index contributed by atoms with van der Waals surface area (Å²) in [5.74, 6) is 1.05. The summed E-state index contributed by atoms with van der Waals surface area (Å²) in [6.45, 7) is 10.1. The molecule has 4 nitrogen and oxygen atoms in total. The monoisotopic (exact) mass is 356 g/mol. The fourth-order valence-corrected chi connectivity index (χ4v) is 2.31. The average molecular weight is 357 g/mol. The maximum atomic E-state index is 12.1. The summed E-state index contributed by atoms with van der Waals surface area (Å²) >= 11 is 0. The van der Waals surface area contributed by atoms with Gasteiger partial charge in [-0.3, -0.25) is 4.79 Å². The molecule has 3 atom stereocenters. The number of nitrogens with two attached hydrogens (primary N) is 1. The number of benzene rings is 1. The van der Waals surface area contributed by atoms with Crippen LogP contribution in [0.1, 0.15) is 53.0 Å². The molecule has 0 radical (unpaired) electrons.